The van der Waals surface area contributed by atoms with Gasteiger partial charge in [-0.15, -0.1) is 13.2 Å². The van der Waals surface area contributed by atoms with Crippen LogP contribution in [0.2, 0.25) is 0 Å². The molecule has 0 saturated carbocycles. The van der Waals surface area contributed by atoms with Crippen LogP contribution in [0.15, 0.2) is 48.6 Å². The smallest absolute Gasteiger partial charge is 0.406 e. The van der Waals surface area contributed by atoms with Crippen LogP contribution in [0.25, 0.3) is 0 Å². The molecule has 0 aliphatic heterocycles. The Bertz CT molecular complexity index is 896. The number of rotatable bonds is 5. The third-order valence-corrected chi connectivity index (χ3v) is 6.53. The molecule has 2 aliphatic rings. The number of unbranched alkanes of at least 4 members (excludes halogenated alkanes) is 1. The van der Waals surface area contributed by atoms with Crippen LogP contribution in [-0.2, 0) is 25.7 Å². The molecule has 30 heavy (non-hydrogen) atoms. The zero-order valence-corrected chi connectivity index (χ0v) is 17.5. The molecule has 2 aromatic carbocycles. The molecule has 2 aromatic rings. The van der Waals surface area contributed by atoms with Crippen LogP contribution in [0.1, 0.15) is 66.3 Å². The van der Waals surface area contributed by atoms with Gasteiger partial charge in [-0.3, -0.25) is 0 Å². The highest BCUT2D eigenvalue weighted by atomic mass is 19.4. The number of alkyl halides is 3. The van der Waals surface area contributed by atoms with E-state index in [9.17, 15) is 13.2 Å². The van der Waals surface area contributed by atoms with Crippen LogP contribution < -0.4 is 4.74 Å². The predicted octanol–water partition coefficient (Wildman–Crippen LogP) is 7.32. The summed E-state index contributed by atoms with van der Waals surface area (Å²) in [5.74, 6) is 0.860. The third kappa shape index (κ3) is 4.91. The molecule has 1 nitrogen and oxygen atoms in total. The first kappa shape index (κ1) is 21.0. The lowest BCUT2D eigenvalue weighted by Crippen LogP contribution is -2.20. The Labute approximate surface area is 177 Å². The summed E-state index contributed by atoms with van der Waals surface area (Å²) >= 11 is 0. The van der Waals surface area contributed by atoms with Crippen LogP contribution in [0, 0.1) is 5.92 Å². The van der Waals surface area contributed by atoms with Crippen LogP contribution in [0.5, 0.6) is 5.75 Å². The van der Waals surface area contributed by atoms with Gasteiger partial charge < -0.3 is 4.74 Å². The van der Waals surface area contributed by atoms with Crippen LogP contribution in [-0.4, -0.2) is 6.36 Å². The molecular weight excluding hydrogens is 385 g/mol. The van der Waals surface area contributed by atoms with Crippen molar-refractivity contribution in [2.75, 3.05) is 0 Å². The third-order valence-electron chi connectivity index (χ3n) is 6.53. The molecule has 160 valence electrons. The molecule has 2 unspecified atom stereocenters. The van der Waals surface area contributed by atoms with E-state index in [4.69, 9.17) is 0 Å². The van der Waals surface area contributed by atoms with E-state index < -0.39 is 6.36 Å². The van der Waals surface area contributed by atoms with E-state index in [-0.39, 0.29) is 5.75 Å². The summed E-state index contributed by atoms with van der Waals surface area (Å²) in [6.45, 7) is 2.21. The zero-order chi connectivity index (χ0) is 21.1. The highest BCUT2D eigenvalue weighted by molar-refractivity contribution is 5.46. The Morgan fingerprint density at radius 3 is 2.27 bits per heavy atom. The van der Waals surface area contributed by atoms with Crippen LogP contribution in [0.4, 0.5) is 13.2 Å². The van der Waals surface area contributed by atoms with Crippen molar-refractivity contribution in [3.63, 3.8) is 0 Å². The fraction of sp³-hybridized carbons (Fsp3) is 0.462. The van der Waals surface area contributed by atoms with Gasteiger partial charge in [-0.2, -0.15) is 0 Å². The molecule has 0 spiro atoms. The van der Waals surface area contributed by atoms with E-state index in [1.54, 1.807) is 17.7 Å². The van der Waals surface area contributed by atoms with Crippen molar-refractivity contribution >= 4 is 0 Å². The normalized spacial score (nSPS) is 21.3. The van der Waals surface area contributed by atoms with Gasteiger partial charge in [0.15, 0.2) is 0 Å². The number of hydrogen-bond acceptors (Lipinski definition) is 1. The molecule has 0 heterocycles. The van der Waals surface area contributed by atoms with E-state index in [2.05, 4.69) is 35.9 Å². The minimum absolute atomic E-state index is 0.154. The summed E-state index contributed by atoms with van der Waals surface area (Å²) in [6, 6.07) is 11.0. The van der Waals surface area contributed by atoms with Crippen molar-refractivity contribution in [2.45, 2.75) is 70.6 Å². The van der Waals surface area contributed by atoms with Gasteiger partial charge in [-0.1, -0.05) is 49.8 Å². The monoisotopic (exact) mass is 414 g/mol. The fourth-order valence-electron chi connectivity index (χ4n) is 5.04. The van der Waals surface area contributed by atoms with Crippen LogP contribution >= 0.6 is 0 Å². The van der Waals surface area contributed by atoms with Gasteiger partial charge in [-0.25, -0.2) is 0 Å². The number of hydrogen-bond donors (Lipinski definition) is 0. The zero-order valence-electron chi connectivity index (χ0n) is 17.5. The van der Waals surface area contributed by atoms with Crippen molar-refractivity contribution in [1.82, 2.24) is 0 Å². The SMILES string of the molecule is CCCC=CC1CCc2c(ccc3c2CCC(c2ccc(OC(F)(F)F)cc2)C3)C1. The van der Waals surface area contributed by atoms with Gasteiger partial charge in [0, 0.05) is 0 Å². The van der Waals surface area contributed by atoms with E-state index in [0.29, 0.717) is 11.8 Å². The Morgan fingerprint density at radius 2 is 1.60 bits per heavy atom. The molecule has 4 rings (SSSR count). The first-order valence-corrected chi connectivity index (χ1v) is 11.1. The first-order chi connectivity index (χ1) is 14.4. The van der Waals surface area contributed by atoms with Gasteiger partial charge in [-0.05, 0) is 96.7 Å². The number of fused-ring (bicyclic) bond motifs is 3. The summed E-state index contributed by atoms with van der Waals surface area (Å²) in [4.78, 5) is 0. The van der Waals surface area contributed by atoms with Gasteiger partial charge in [0.05, 0.1) is 0 Å². The average molecular weight is 415 g/mol. The molecule has 0 bridgehead atoms. The van der Waals surface area contributed by atoms with Crippen molar-refractivity contribution in [3.05, 3.63) is 76.4 Å². The quantitative estimate of drug-likeness (QED) is 0.466. The lowest BCUT2D eigenvalue weighted by atomic mass is 9.74. The number of allylic oxidation sites excluding steroid dienone is 2. The summed E-state index contributed by atoms with van der Waals surface area (Å²) in [7, 11) is 0. The maximum atomic E-state index is 12.4. The second-order valence-electron chi connectivity index (χ2n) is 8.62. The molecule has 0 N–H and O–H groups in total. The van der Waals surface area contributed by atoms with Gasteiger partial charge in [0.1, 0.15) is 5.75 Å². The Balaban J connectivity index is 1.45. The molecule has 0 fully saturated rings. The first-order valence-electron chi connectivity index (χ1n) is 11.1. The molecule has 2 aliphatic carbocycles. The standard InChI is InChI=1S/C26H29F3O/c1-2-3-4-5-18-6-14-24-21(16-18)7-8-22-17-20(11-15-25(22)24)19-9-12-23(13-10-19)30-26(27,28)29/h4-5,7-10,12-13,18,20H,2-3,6,11,14-17H2,1H3. The lowest BCUT2D eigenvalue weighted by molar-refractivity contribution is -0.274. The largest absolute Gasteiger partial charge is 0.573 e. The van der Waals surface area contributed by atoms with E-state index in [0.717, 1.165) is 44.1 Å². The minimum Gasteiger partial charge on any atom is -0.406 e. The minimum atomic E-state index is -4.64. The summed E-state index contributed by atoms with van der Waals surface area (Å²) in [5.41, 5.74) is 7.13. The maximum absolute atomic E-state index is 12.4. The Hall–Kier alpha value is -2.23. The van der Waals surface area contributed by atoms with E-state index >= 15 is 0 Å². The summed E-state index contributed by atoms with van der Waals surface area (Å²) in [5, 5.41) is 0. The highest BCUT2D eigenvalue weighted by Crippen LogP contribution is 2.39. The van der Waals surface area contributed by atoms with Crippen molar-refractivity contribution in [2.24, 2.45) is 5.92 Å². The molecule has 0 aromatic heterocycles. The summed E-state index contributed by atoms with van der Waals surface area (Å²) < 4.78 is 41.1. The molecule has 0 amide bonds. The van der Waals surface area contributed by atoms with Crippen molar-refractivity contribution in [1.29, 1.82) is 0 Å². The van der Waals surface area contributed by atoms with E-state index in [1.807, 2.05) is 0 Å². The number of ether oxygens (including phenoxy) is 1. The van der Waals surface area contributed by atoms with Crippen molar-refractivity contribution < 1.29 is 17.9 Å². The fourth-order valence-corrected chi connectivity index (χ4v) is 5.04. The molecule has 2 atom stereocenters. The maximum Gasteiger partial charge on any atom is 0.573 e. The van der Waals surface area contributed by atoms with E-state index in [1.165, 1.54) is 41.7 Å². The summed E-state index contributed by atoms with van der Waals surface area (Å²) in [6.07, 6.45) is 9.07. The highest BCUT2D eigenvalue weighted by Gasteiger charge is 2.31. The second-order valence-corrected chi connectivity index (χ2v) is 8.62. The molecule has 4 heteroatoms. The van der Waals surface area contributed by atoms with Crippen molar-refractivity contribution in [3.8, 4) is 5.75 Å². The van der Waals surface area contributed by atoms with Gasteiger partial charge in [0.2, 0.25) is 0 Å². The average Bonchev–Trinajstić information content (AvgIpc) is 2.73. The van der Waals surface area contributed by atoms with Crippen LogP contribution in [0.3, 0.4) is 0 Å². The molecular formula is C26H29F3O. The topological polar surface area (TPSA) is 9.23 Å². The number of halogens is 3. The number of benzene rings is 2. The predicted molar refractivity (Wildman–Crippen MR) is 114 cm³/mol. The second kappa shape index (κ2) is 8.87. The Kier molecular flexibility index (Phi) is 6.21. The molecule has 0 radical (unpaired) electrons. The van der Waals surface area contributed by atoms with Gasteiger partial charge >= 0.3 is 6.36 Å². The molecule has 0 saturated heterocycles. The Morgan fingerprint density at radius 1 is 0.933 bits per heavy atom. The lowest BCUT2D eigenvalue weighted by Gasteiger charge is -2.31. The van der Waals surface area contributed by atoms with Gasteiger partial charge in [0.25, 0.3) is 0 Å².